The number of ether oxygens (including phenoxy) is 1. The van der Waals surface area contributed by atoms with Gasteiger partial charge in [0.15, 0.2) is 0 Å². The number of hydrogen-bond donors (Lipinski definition) is 2. The van der Waals surface area contributed by atoms with E-state index in [1.165, 1.54) is 11.9 Å². The Labute approximate surface area is 197 Å². The molecule has 4 rings (SSSR count). The predicted molar refractivity (Wildman–Crippen MR) is 125 cm³/mol. The number of carbonyl (C=O) groups is 2. The Morgan fingerprint density at radius 3 is 2.59 bits per heavy atom. The number of hydrogen-bond acceptors (Lipinski definition) is 8. The molecule has 1 unspecified atom stereocenters. The van der Waals surface area contributed by atoms with Gasteiger partial charge in [0.05, 0.1) is 36.9 Å². The summed E-state index contributed by atoms with van der Waals surface area (Å²) in [5, 5.41) is 21.8. The standard InChI is InChI=1S/C24H28N6O4/c1-15-8-9-17(28-22-21(24(33)34-3)18(16(2)31)10-11-25-22)14-29(15)23(32)19-6-4-5-7-20(19)30-26-12-13-27-30/h4-7,10-13,15-17,31H,8-9,14H2,1-3H3,(H,25,28)/t15-,16?,17-/m1/s1. The van der Waals surface area contributed by atoms with Gasteiger partial charge in [0, 0.05) is 24.8 Å². The fourth-order valence-electron chi connectivity index (χ4n) is 4.28. The minimum Gasteiger partial charge on any atom is -0.465 e. The van der Waals surface area contributed by atoms with Gasteiger partial charge in [-0.2, -0.15) is 15.0 Å². The lowest BCUT2D eigenvalue weighted by Gasteiger charge is -2.39. The lowest BCUT2D eigenvalue weighted by molar-refractivity contribution is 0.0589. The van der Waals surface area contributed by atoms with Gasteiger partial charge in [-0.15, -0.1) is 0 Å². The first kappa shape index (κ1) is 23.4. The predicted octanol–water partition coefficient (Wildman–Crippen LogP) is 2.61. The molecule has 0 radical (unpaired) electrons. The van der Waals surface area contributed by atoms with Crippen LogP contribution in [-0.2, 0) is 4.74 Å². The molecule has 10 nitrogen and oxygen atoms in total. The SMILES string of the molecule is COC(=O)c1c(C(C)O)ccnc1N[C@@H]1CC[C@@H](C)N(C(=O)c2ccccc2-n2nccn2)C1. The lowest BCUT2D eigenvalue weighted by atomic mass is 9.97. The van der Waals surface area contributed by atoms with E-state index in [4.69, 9.17) is 4.74 Å². The fraction of sp³-hybridized carbons (Fsp3) is 0.375. The highest BCUT2D eigenvalue weighted by Crippen LogP contribution is 2.28. The molecule has 0 spiro atoms. The van der Waals surface area contributed by atoms with Crippen LogP contribution in [0.3, 0.4) is 0 Å². The third-order valence-corrected chi connectivity index (χ3v) is 6.08. The topological polar surface area (TPSA) is 122 Å². The first-order chi connectivity index (χ1) is 16.4. The summed E-state index contributed by atoms with van der Waals surface area (Å²) >= 11 is 0. The number of benzene rings is 1. The van der Waals surface area contributed by atoms with Crippen LogP contribution in [-0.4, -0.2) is 67.6 Å². The molecule has 1 amide bonds. The number of nitrogens with one attached hydrogen (secondary N) is 1. The van der Waals surface area contributed by atoms with Crippen molar-refractivity contribution in [2.24, 2.45) is 0 Å². The summed E-state index contributed by atoms with van der Waals surface area (Å²) in [6.45, 7) is 4.03. The summed E-state index contributed by atoms with van der Waals surface area (Å²) in [5.41, 5.74) is 1.75. The summed E-state index contributed by atoms with van der Waals surface area (Å²) in [5.74, 6) is -0.367. The number of amides is 1. The van der Waals surface area contributed by atoms with Crippen LogP contribution >= 0.6 is 0 Å². The Balaban J connectivity index is 1.60. The number of pyridine rings is 1. The van der Waals surface area contributed by atoms with Crippen LogP contribution in [0.5, 0.6) is 0 Å². The van der Waals surface area contributed by atoms with Crippen molar-refractivity contribution in [3.63, 3.8) is 0 Å². The number of likely N-dealkylation sites (tertiary alicyclic amines) is 1. The number of anilines is 1. The monoisotopic (exact) mass is 464 g/mol. The maximum absolute atomic E-state index is 13.6. The molecule has 1 aliphatic heterocycles. The fourth-order valence-corrected chi connectivity index (χ4v) is 4.28. The largest absolute Gasteiger partial charge is 0.465 e. The van der Waals surface area contributed by atoms with E-state index in [0.717, 1.165) is 12.8 Å². The van der Waals surface area contributed by atoms with E-state index in [1.54, 1.807) is 37.6 Å². The molecule has 1 saturated heterocycles. The van der Waals surface area contributed by atoms with Gasteiger partial charge in [-0.1, -0.05) is 12.1 Å². The van der Waals surface area contributed by atoms with Crippen molar-refractivity contribution in [3.8, 4) is 5.69 Å². The zero-order chi connectivity index (χ0) is 24.2. The Morgan fingerprint density at radius 1 is 1.15 bits per heavy atom. The van der Waals surface area contributed by atoms with E-state index in [0.29, 0.717) is 29.2 Å². The molecule has 1 aromatic carbocycles. The van der Waals surface area contributed by atoms with Crippen molar-refractivity contribution >= 4 is 17.7 Å². The van der Waals surface area contributed by atoms with Gasteiger partial charge in [-0.25, -0.2) is 9.78 Å². The quantitative estimate of drug-likeness (QED) is 0.534. The van der Waals surface area contributed by atoms with Crippen LogP contribution in [0.2, 0.25) is 0 Å². The highest BCUT2D eigenvalue weighted by molar-refractivity contribution is 5.98. The third-order valence-electron chi connectivity index (χ3n) is 6.08. The number of nitrogens with zero attached hydrogens (tertiary/aromatic N) is 5. The van der Waals surface area contributed by atoms with Crippen LogP contribution in [0.4, 0.5) is 5.82 Å². The molecule has 0 aliphatic carbocycles. The van der Waals surface area contributed by atoms with Gasteiger partial charge in [-0.05, 0) is 50.5 Å². The summed E-state index contributed by atoms with van der Waals surface area (Å²) in [6.07, 6.45) is 5.37. The molecular weight excluding hydrogens is 436 g/mol. The summed E-state index contributed by atoms with van der Waals surface area (Å²) in [7, 11) is 1.29. The molecule has 0 saturated carbocycles. The average Bonchev–Trinajstić information content (AvgIpc) is 3.39. The maximum Gasteiger partial charge on any atom is 0.342 e. The van der Waals surface area contributed by atoms with Gasteiger partial charge in [0.2, 0.25) is 0 Å². The van der Waals surface area contributed by atoms with E-state index >= 15 is 0 Å². The summed E-state index contributed by atoms with van der Waals surface area (Å²) < 4.78 is 4.93. The number of rotatable bonds is 6. The van der Waals surface area contributed by atoms with Gasteiger partial charge in [-0.3, -0.25) is 4.79 Å². The molecule has 2 N–H and O–H groups in total. The highest BCUT2D eigenvalue weighted by atomic mass is 16.5. The first-order valence-corrected chi connectivity index (χ1v) is 11.2. The number of carbonyl (C=O) groups excluding carboxylic acids is 2. The smallest absolute Gasteiger partial charge is 0.342 e. The Hall–Kier alpha value is -3.79. The Morgan fingerprint density at radius 2 is 1.88 bits per heavy atom. The van der Waals surface area contributed by atoms with Crippen LogP contribution in [0.15, 0.2) is 48.9 Å². The molecule has 1 fully saturated rings. The van der Waals surface area contributed by atoms with Gasteiger partial charge in [0.1, 0.15) is 11.4 Å². The lowest BCUT2D eigenvalue weighted by Crippen LogP contribution is -2.50. The average molecular weight is 465 g/mol. The summed E-state index contributed by atoms with van der Waals surface area (Å²) in [4.78, 5) is 33.7. The van der Waals surface area contributed by atoms with Gasteiger partial charge < -0.3 is 20.1 Å². The van der Waals surface area contributed by atoms with E-state index < -0.39 is 12.1 Å². The summed E-state index contributed by atoms with van der Waals surface area (Å²) in [6, 6.07) is 8.73. The van der Waals surface area contributed by atoms with Crippen molar-refractivity contribution in [2.45, 2.75) is 44.9 Å². The normalized spacial score (nSPS) is 18.9. The van der Waals surface area contributed by atoms with Gasteiger partial charge in [0.25, 0.3) is 5.91 Å². The molecule has 3 aromatic rings. The molecule has 178 valence electrons. The van der Waals surface area contributed by atoms with E-state index in [-0.39, 0.29) is 23.6 Å². The second-order valence-electron chi connectivity index (χ2n) is 8.35. The zero-order valence-electron chi connectivity index (χ0n) is 19.4. The minimum absolute atomic E-state index is 0.0287. The van der Waals surface area contributed by atoms with Crippen molar-refractivity contribution in [3.05, 3.63) is 65.6 Å². The van der Waals surface area contributed by atoms with Crippen LogP contribution in [0.1, 0.15) is 59.1 Å². The minimum atomic E-state index is -0.866. The van der Waals surface area contributed by atoms with Crippen LogP contribution in [0, 0.1) is 0 Å². The molecule has 0 bridgehead atoms. The molecule has 34 heavy (non-hydrogen) atoms. The number of piperidine rings is 1. The van der Waals surface area contributed by atoms with Crippen LogP contribution in [0.25, 0.3) is 5.69 Å². The van der Waals surface area contributed by atoms with Crippen molar-refractivity contribution in [1.29, 1.82) is 0 Å². The molecule has 3 atom stereocenters. The van der Waals surface area contributed by atoms with E-state index in [9.17, 15) is 14.7 Å². The molecule has 3 heterocycles. The maximum atomic E-state index is 13.6. The van der Waals surface area contributed by atoms with Gasteiger partial charge >= 0.3 is 5.97 Å². The van der Waals surface area contributed by atoms with Crippen molar-refractivity contribution in [1.82, 2.24) is 24.9 Å². The Kier molecular flexibility index (Phi) is 6.87. The second-order valence-corrected chi connectivity index (χ2v) is 8.35. The highest BCUT2D eigenvalue weighted by Gasteiger charge is 2.32. The first-order valence-electron chi connectivity index (χ1n) is 11.2. The zero-order valence-corrected chi connectivity index (χ0v) is 19.4. The van der Waals surface area contributed by atoms with Crippen LogP contribution < -0.4 is 5.32 Å². The van der Waals surface area contributed by atoms with E-state index in [1.807, 2.05) is 30.0 Å². The number of methoxy groups -OCH3 is 1. The number of para-hydroxylation sites is 1. The second kappa shape index (κ2) is 10.0. The number of aromatic nitrogens is 4. The molecular formula is C24H28N6O4. The Bertz CT molecular complexity index is 1160. The van der Waals surface area contributed by atoms with Crippen molar-refractivity contribution in [2.75, 3.05) is 19.0 Å². The van der Waals surface area contributed by atoms with Crippen molar-refractivity contribution < 1.29 is 19.4 Å². The van der Waals surface area contributed by atoms with E-state index in [2.05, 4.69) is 20.5 Å². The number of aliphatic hydroxyl groups is 1. The molecule has 2 aromatic heterocycles. The number of aliphatic hydroxyl groups excluding tert-OH is 1. The molecule has 1 aliphatic rings. The third kappa shape index (κ3) is 4.62. The molecule has 10 heteroatoms. The number of esters is 1.